The van der Waals surface area contributed by atoms with Gasteiger partial charge in [0, 0.05) is 18.7 Å². The summed E-state index contributed by atoms with van der Waals surface area (Å²) >= 11 is 0. The highest BCUT2D eigenvalue weighted by atomic mass is 19.1. The summed E-state index contributed by atoms with van der Waals surface area (Å²) in [6, 6.07) is 3.58. The molecule has 0 amide bonds. The zero-order chi connectivity index (χ0) is 11.8. The Morgan fingerprint density at radius 1 is 1.31 bits per heavy atom. The third kappa shape index (κ3) is 2.77. The lowest BCUT2D eigenvalue weighted by atomic mass is 9.95. The monoisotopic (exact) mass is 227 g/mol. The van der Waals surface area contributed by atoms with Crippen LogP contribution < -0.4 is 5.32 Å². The van der Waals surface area contributed by atoms with Crippen LogP contribution in [0.1, 0.15) is 25.3 Å². The first-order chi connectivity index (χ1) is 7.47. The topological polar surface area (TPSA) is 32.3 Å². The average Bonchev–Trinajstić information content (AvgIpc) is 2.96. The molecule has 0 radical (unpaired) electrons. The number of rotatable bonds is 4. The molecule has 0 spiro atoms. The van der Waals surface area contributed by atoms with Crippen LogP contribution in [-0.2, 0) is 5.60 Å². The molecular formula is C12H15F2NO. The molecule has 1 aliphatic rings. The molecule has 4 heteroatoms. The molecular weight excluding hydrogens is 212 g/mol. The second-order valence-corrected chi connectivity index (χ2v) is 4.59. The van der Waals surface area contributed by atoms with Crippen LogP contribution in [0.15, 0.2) is 18.2 Å². The normalized spacial score (nSPS) is 19.5. The van der Waals surface area contributed by atoms with Gasteiger partial charge < -0.3 is 10.4 Å². The third-order valence-electron chi connectivity index (χ3n) is 2.80. The second-order valence-electron chi connectivity index (χ2n) is 4.59. The number of benzene rings is 1. The van der Waals surface area contributed by atoms with Crippen molar-refractivity contribution in [2.75, 3.05) is 6.54 Å². The predicted octanol–water partition coefficient (Wildman–Crippen LogP) is 1.92. The molecule has 1 fully saturated rings. The van der Waals surface area contributed by atoms with Gasteiger partial charge in [0.2, 0.25) is 0 Å². The second kappa shape index (κ2) is 4.11. The zero-order valence-corrected chi connectivity index (χ0v) is 9.13. The van der Waals surface area contributed by atoms with Crippen LogP contribution in [0.2, 0.25) is 0 Å². The first kappa shape index (κ1) is 11.5. The van der Waals surface area contributed by atoms with Crippen LogP contribution in [-0.4, -0.2) is 17.7 Å². The van der Waals surface area contributed by atoms with E-state index in [4.69, 9.17) is 0 Å². The molecule has 88 valence electrons. The Balaban J connectivity index is 2.12. The fourth-order valence-electron chi connectivity index (χ4n) is 1.60. The predicted molar refractivity (Wildman–Crippen MR) is 57.0 cm³/mol. The number of nitrogens with one attached hydrogen (secondary N) is 1. The number of hydrogen-bond acceptors (Lipinski definition) is 2. The highest BCUT2D eigenvalue weighted by Gasteiger charge is 2.28. The van der Waals surface area contributed by atoms with Crippen LogP contribution in [0.25, 0.3) is 0 Å². The van der Waals surface area contributed by atoms with Crippen molar-refractivity contribution in [3.63, 3.8) is 0 Å². The minimum absolute atomic E-state index is 0.262. The molecule has 16 heavy (non-hydrogen) atoms. The molecule has 0 heterocycles. The van der Waals surface area contributed by atoms with Gasteiger partial charge in [0.15, 0.2) is 0 Å². The van der Waals surface area contributed by atoms with Crippen molar-refractivity contribution in [3.8, 4) is 0 Å². The van der Waals surface area contributed by atoms with Gasteiger partial charge in [-0.3, -0.25) is 0 Å². The van der Waals surface area contributed by atoms with Crippen molar-refractivity contribution >= 4 is 0 Å². The van der Waals surface area contributed by atoms with E-state index in [1.807, 2.05) is 0 Å². The van der Waals surface area contributed by atoms with E-state index >= 15 is 0 Å². The Morgan fingerprint density at radius 2 is 1.88 bits per heavy atom. The number of aliphatic hydroxyl groups is 1. The smallest absolute Gasteiger partial charge is 0.126 e. The standard InChI is InChI=1S/C12H15F2NO/c1-12(16,7-15-11-2-3-11)8-4-9(13)6-10(14)5-8/h4-6,11,15-16H,2-3,7H2,1H3. The minimum atomic E-state index is -1.24. The Hall–Kier alpha value is -1.00. The summed E-state index contributed by atoms with van der Waals surface area (Å²) in [5.74, 6) is -1.33. The lowest BCUT2D eigenvalue weighted by Crippen LogP contribution is -2.36. The summed E-state index contributed by atoms with van der Waals surface area (Å²) in [6.45, 7) is 1.86. The van der Waals surface area contributed by atoms with E-state index in [0.717, 1.165) is 31.0 Å². The maximum absolute atomic E-state index is 13.0. The van der Waals surface area contributed by atoms with Crippen LogP contribution in [0.3, 0.4) is 0 Å². The van der Waals surface area contributed by atoms with Crippen LogP contribution in [0.5, 0.6) is 0 Å². The number of halogens is 2. The van der Waals surface area contributed by atoms with Crippen molar-refractivity contribution in [2.45, 2.75) is 31.4 Å². The van der Waals surface area contributed by atoms with Gasteiger partial charge in [0.05, 0.1) is 5.60 Å². The molecule has 2 nitrogen and oxygen atoms in total. The number of hydrogen-bond donors (Lipinski definition) is 2. The molecule has 0 bridgehead atoms. The van der Waals surface area contributed by atoms with Gasteiger partial charge in [-0.1, -0.05) is 0 Å². The minimum Gasteiger partial charge on any atom is -0.384 e. The molecule has 0 aromatic heterocycles. The largest absolute Gasteiger partial charge is 0.384 e. The van der Waals surface area contributed by atoms with Gasteiger partial charge in [0.1, 0.15) is 11.6 Å². The summed E-state index contributed by atoms with van der Waals surface area (Å²) < 4.78 is 26.0. The summed E-state index contributed by atoms with van der Waals surface area (Å²) in [5, 5.41) is 13.3. The van der Waals surface area contributed by atoms with Gasteiger partial charge in [0.25, 0.3) is 0 Å². The first-order valence-electron chi connectivity index (χ1n) is 5.40. The van der Waals surface area contributed by atoms with E-state index in [0.29, 0.717) is 12.6 Å². The zero-order valence-electron chi connectivity index (χ0n) is 9.13. The van der Waals surface area contributed by atoms with Crippen molar-refractivity contribution in [1.29, 1.82) is 0 Å². The summed E-state index contributed by atoms with van der Waals surface area (Å²) in [4.78, 5) is 0. The average molecular weight is 227 g/mol. The molecule has 1 saturated carbocycles. The van der Waals surface area contributed by atoms with Crippen molar-refractivity contribution < 1.29 is 13.9 Å². The highest BCUT2D eigenvalue weighted by molar-refractivity contribution is 5.24. The molecule has 1 aromatic carbocycles. The summed E-state index contributed by atoms with van der Waals surface area (Å²) in [7, 11) is 0. The van der Waals surface area contributed by atoms with E-state index in [-0.39, 0.29) is 5.56 Å². The van der Waals surface area contributed by atoms with Gasteiger partial charge in [-0.25, -0.2) is 8.78 Å². The highest BCUT2D eigenvalue weighted by Crippen LogP contribution is 2.24. The molecule has 0 saturated heterocycles. The van der Waals surface area contributed by atoms with Gasteiger partial charge in [-0.2, -0.15) is 0 Å². The van der Waals surface area contributed by atoms with Crippen LogP contribution >= 0.6 is 0 Å². The van der Waals surface area contributed by atoms with Crippen molar-refractivity contribution in [3.05, 3.63) is 35.4 Å². The fourth-order valence-corrected chi connectivity index (χ4v) is 1.60. The lowest BCUT2D eigenvalue weighted by molar-refractivity contribution is 0.0559. The molecule has 0 aliphatic heterocycles. The van der Waals surface area contributed by atoms with E-state index in [9.17, 15) is 13.9 Å². The van der Waals surface area contributed by atoms with Crippen LogP contribution in [0, 0.1) is 11.6 Å². The maximum atomic E-state index is 13.0. The first-order valence-corrected chi connectivity index (χ1v) is 5.40. The molecule has 1 unspecified atom stereocenters. The van der Waals surface area contributed by atoms with E-state index in [2.05, 4.69) is 5.32 Å². The Morgan fingerprint density at radius 3 is 2.38 bits per heavy atom. The van der Waals surface area contributed by atoms with E-state index < -0.39 is 17.2 Å². The SMILES string of the molecule is CC(O)(CNC1CC1)c1cc(F)cc(F)c1. The van der Waals surface area contributed by atoms with Crippen molar-refractivity contribution in [1.82, 2.24) is 5.32 Å². The van der Waals surface area contributed by atoms with Gasteiger partial charge in [-0.15, -0.1) is 0 Å². The quantitative estimate of drug-likeness (QED) is 0.823. The van der Waals surface area contributed by atoms with E-state index in [1.165, 1.54) is 0 Å². The molecule has 1 atom stereocenters. The van der Waals surface area contributed by atoms with Gasteiger partial charge in [-0.05, 0) is 37.5 Å². The molecule has 2 rings (SSSR count). The van der Waals surface area contributed by atoms with Gasteiger partial charge >= 0.3 is 0 Å². The third-order valence-corrected chi connectivity index (χ3v) is 2.80. The molecule has 1 aliphatic carbocycles. The lowest BCUT2D eigenvalue weighted by Gasteiger charge is -2.24. The van der Waals surface area contributed by atoms with E-state index in [1.54, 1.807) is 6.92 Å². The Bertz CT molecular complexity index is 368. The maximum Gasteiger partial charge on any atom is 0.126 e. The fraction of sp³-hybridized carbons (Fsp3) is 0.500. The molecule has 1 aromatic rings. The Kier molecular flexibility index (Phi) is 2.95. The summed E-state index contributed by atoms with van der Waals surface area (Å²) in [5.41, 5.74) is -0.982. The Labute approximate surface area is 93.3 Å². The van der Waals surface area contributed by atoms with Crippen LogP contribution in [0.4, 0.5) is 8.78 Å². The van der Waals surface area contributed by atoms with Crippen molar-refractivity contribution in [2.24, 2.45) is 0 Å². The molecule has 2 N–H and O–H groups in total. The summed E-state index contributed by atoms with van der Waals surface area (Å²) in [6.07, 6.45) is 2.21.